The molecule has 0 amide bonds. The minimum atomic E-state index is -0.846. The van der Waals surface area contributed by atoms with Crippen LogP contribution >= 0.6 is 0 Å². The predicted octanol–water partition coefficient (Wildman–Crippen LogP) is 2.09. The summed E-state index contributed by atoms with van der Waals surface area (Å²) in [6.07, 6.45) is 1.23. The van der Waals surface area contributed by atoms with Crippen molar-refractivity contribution >= 4 is 6.29 Å². The molecular formula is C12H14FNO2. The molecule has 4 heteroatoms. The van der Waals surface area contributed by atoms with Crippen LogP contribution in [0.4, 0.5) is 4.39 Å². The Bertz CT molecular complexity index is 410. The van der Waals surface area contributed by atoms with E-state index in [1.807, 2.05) is 0 Å². The van der Waals surface area contributed by atoms with Crippen molar-refractivity contribution in [1.29, 1.82) is 0 Å². The van der Waals surface area contributed by atoms with E-state index in [0.717, 1.165) is 6.29 Å². The van der Waals surface area contributed by atoms with Gasteiger partial charge in [0.15, 0.2) is 6.29 Å². The Balaban J connectivity index is 2.30. The average Bonchev–Trinajstić information content (AvgIpc) is 2.56. The van der Waals surface area contributed by atoms with Gasteiger partial charge in [-0.05, 0) is 13.0 Å². The molecule has 0 N–H and O–H groups in total. The van der Waals surface area contributed by atoms with E-state index in [1.165, 1.54) is 6.07 Å². The molecule has 1 aliphatic rings. The lowest BCUT2D eigenvalue weighted by molar-refractivity contribution is -0.182. The van der Waals surface area contributed by atoms with Crippen molar-refractivity contribution in [1.82, 2.24) is 5.06 Å². The van der Waals surface area contributed by atoms with Gasteiger partial charge in [0, 0.05) is 19.0 Å². The van der Waals surface area contributed by atoms with E-state index in [2.05, 4.69) is 0 Å². The van der Waals surface area contributed by atoms with Crippen molar-refractivity contribution in [3.63, 3.8) is 0 Å². The molecule has 1 aliphatic heterocycles. The Labute approximate surface area is 93.8 Å². The van der Waals surface area contributed by atoms with E-state index in [-0.39, 0.29) is 11.9 Å². The van der Waals surface area contributed by atoms with Gasteiger partial charge in [0.1, 0.15) is 11.4 Å². The first-order valence-electron chi connectivity index (χ1n) is 5.18. The zero-order chi connectivity index (χ0) is 11.8. The van der Waals surface area contributed by atoms with Gasteiger partial charge in [-0.2, -0.15) is 5.06 Å². The molecular weight excluding hydrogens is 209 g/mol. The summed E-state index contributed by atoms with van der Waals surface area (Å²) in [5, 5.41) is 1.55. The first-order chi connectivity index (χ1) is 7.56. The van der Waals surface area contributed by atoms with Crippen molar-refractivity contribution in [3.8, 4) is 0 Å². The maximum atomic E-state index is 13.6. The number of carbonyl (C=O) groups is 1. The van der Waals surface area contributed by atoms with Crippen molar-refractivity contribution in [2.75, 3.05) is 7.05 Å². The fourth-order valence-corrected chi connectivity index (χ4v) is 2.06. The molecule has 1 aromatic carbocycles. The number of carbonyl (C=O) groups excluding carboxylic acids is 1. The van der Waals surface area contributed by atoms with Crippen LogP contribution in [-0.4, -0.2) is 24.0 Å². The SMILES string of the molecule is CN1O[C@](C)(C=O)C[C@H]1c1ccccc1F. The molecule has 2 atom stereocenters. The quantitative estimate of drug-likeness (QED) is 0.719. The number of hydrogen-bond acceptors (Lipinski definition) is 3. The van der Waals surface area contributed by atoms with Gasteiger partial charge in [-0.1, -0.05) is 18.2 Å². The smallest absolute Gasteiger partial charge is 0.153 e. The molecule has 0 aromatic heterocycles. The van der Waals surface area contributed by atoms with Crippen LogP contribution in [0.25, 0.3) is 0 Å². The van der Waals surface area contributed by atoms with Gasteiger partial charge in [0.05, 0.1) is 6.04 Å². The molecule has 0 unspecified atom stereocenters. The lowest BCUT2D eigenvalue weighted by atomic mass is 9.95. The predicted molar refractivity (Wildman–Crippen MR) is 57.1 cm³/mol. The number of nitrogens with zero attached hydrogens (tertiary/aromatic N) is 1. The first-order valence-corrected chi connectivity index (χ1v) is 5.18. The summed E-state index contributed by atoms with van der Waals surface area (Å²) in [5.41, 5.74) is -0.280. The van der Waals surface area contributed by atoms with Crippen LogP contribution in [0.2, 0.25) is 0 Å². The summed E-state index contributed by atoms with van der Waals surface area (Å²) < 4.78 is 13.6. The molecule has 0 radical (unpaired) electrons. The largest absolute Gasteiger partial charge is 0.300 e. The van der Waals surface area contributed by atoms with Gasteiger partial charge in [0.2, 0.25) is 0 Å². The van der Waals surface area contributed by atoms with E-state index in [4.69, 9.17) is 4.84 Å². The highest BCUT2D eigenvalue weighted by atomic mass is 19.1. The van der Waals surface area contributed by atoms with Crippen LogP contribution in [-0.2, 0) is 9.63 Å². The normalized spacial score (nSPS) is 30.6. The van der Waals surface area contributed by atoms with Crippen molar-refractivity contribution in [2.24, 2.45) is 0 Å². The second-order valence-corrected chi connectivity index (χ2v) is 4.31. The lowest BCUT2D eigenvalue weighted by Crippen LogP contribution is -2.27. The van der Waals surface area contributed by atoms with Crippen molar-refractivity contribution in [2.45, 2.75) is 25.0 Å². The first kappa shape index (κ1) is 11.2. The van der Waals surface area contributed by atoms with E-state index < -0.39 is 5.60 Å². The Morgan fingerprint density at radius 2 is 2.25 bits per heavy atom. The van der Waals surface area contributed by atoms with E-state index in [1.54, 1.807) is 37.2 Å². The van der Waals surface area contributed by atoms with Gasteiger partial charge in [-0.3, -0.25) is 4.84 Å². The molecule has 0 spiro atoms. The fraction of sp³-hybridized carbons (Fsp3) is 0.417. The number of benzene rings is 1. The molecule has 1 heterocycles. The van der Waals surface area contributed by atoms with Gasteiger partial charge in [-0.25, -0.2) is 4.39 Å². The highest BCUT2D eigenvalue weighted by Gasteiger charge is 2.42. The molecule has 0 bridgehead atoms. The second-order valence-electron chi connectivity index (χ2n) is 4.31. The second kappa shape index (κ2) is 3.96. The minimum absolute atomic E-state index is 0.212. The third kappa shape index (κ3) is 1.86. The monoisotopic (exact) mass is 223 g/mol. The zero-order valence-electron chi connectivity index (χ0n) is 9.31. The molecule has 16 heavy (non-hydrogen) atoms. The van der Waals surface area contributed by atoms with Crippen LogP contribution in [0.15, 0.2) is 24.3 Å². The Kier molecular flexibility index (Phi) is 2.78. The number of hydroxylamine groups is 2. The van der Waals surface area contributed by atoms with Crippen molar-refractivity contribution < 1.29 is 14.0 Å². The van der Waals surface area contributed by atoms with Crippen LogP contribution < -0.4 is 0 Å². The molecule has 86 valence electrons. The van der Waals surface area contributed by atoms with Crippen LogP contribution in [0.5, 0.6) is 0 Å². The van der Waals surface area contributed by atoms with Crippen LogP contribution in [0, 0.1) is 5.82 Å². The summed E-state index contributed by atoms with van der Waals surface area (Å²) in [6.45, 7) is 1.71. The number of halogens is 1. The minimum Gasteiger partial charge on any atom is -0.300 e. The molecule has 0 saturated carbocycles. The van der Waals surface area contributed by atoms with Crippen LogP contribution in [0.3, 0.4) is 0 Å². The number of aldehydes is 1. The third-order valence-corrected chi connectivity index (χ3v) is 2.90. The zero-order valence-corrected chi connectivity index (χ0v) is 9.31. The van der Waals surface area contributed by atoms with Gasteiger partial charge in [-0.15, -0.1) is 0 Å². The van der Waals surface area contributed by atoms with E-state index >= 15 is 0 Å². The summed E-state index contributed by atoms with van der Waals surface area (Å²) >= 11 is 0. The Hall–Kier alpha value is -1.26. The van der Waals surface area contributed by atoms with E-state index in [0.29, 0.717) is 12.0 Å². The molecule has 1 aromatic rings. The number of hydrogen-bond donors (Lipinski definition) is 0. The number of rotatable bonds is 2. The Morgan fingerprint density at radius 1 is 1.56 bits per heavy atom. The summed E-state index contributed by atoms with van der Waals surface area (Å²) in [4.78, 5) is 16.3. The molecule has 0 aliphatic carbocycles. The van der Waals surface area contributed by atoms with E-state index in [9.17, 15) is 9.18 Å². The molecule has 1 saturated heterocycles. The van der Waals surface area contributed by atoms with Gasteiger partial charge in [0.25, 0.3) is 0 Å². The van der Waals surface area contributed by atoms with Gasteiger partial charge >= 0.3 is 0 Å². The van der Waals surface area contributed by atoms with Gasteiger partial charge < -0.3 is 4.79 Å². The maximum absolute atomic E-state index is 13.6. The topological polar surface area (TPSA) is 29.5 Å². The highest BCUT2D eigenvalue weighted by Crippen LogP contribution is 2.38. The fourth-order valence-electron chi connectivity index (χ4n) is 2.06. The maximum Gasteiger partial charge on any atom is 0.153 e. The van der Waals surface area contributed by atoms with Crippen LogP contribution in [0.1, 0.15) is 24.9 Å². The third-order valence-electron chi connectivity index (χ3n) is 2.90. The highest BCUT2D eigenvalue weighted by molar-refractivity contribution is 5.62. The summed E-state index contributed by atoms with van der Waals surface area (Å²) in [6, 6.07) is 6.35. The Morgan fingerprint density at radius 3 is 2.81 bits per heavy atom. The average molecular weight is 223 g/mol. The molecule has 3 nitrogen and oxygen atoms in total. The molecule has 2 rings (SSSR count). The molecule has 1 fully saturated rings. The summed E-state index contributed by atoms with van der Waals surface area (Å²) in [7, 11) is 1.71. The standard InChI is InChI=1S/C12H14FNO2/c1-12(8-15)7-11(14(2)16-12)9-5-3-4-6-10(9)13/h3-6,8,11H,7H2,1-2H3/t11-,12-/m0/s1. The summed E-state index contributed by atoms with van der Waals surface area (Å²) in [5.74, 6) is -0.266. The van der Waals surface area contributed by atoms with Crippen molar-refractivity contribution in [3.05, 3.63) is 35.6 Å². The lowest BCUT2D eigenvalue weighted by Gasteiger charge is -2.18.